The van der Waals surface area contributed by atoms with Crippen molar-refractivity contribution in [3.63, 3.8) is 0 Å². The van der Waals surface area contributed by atoms with E-state index >= 15 is 0 Å². The molecule has 1 saturated heterocycles. The lowest BCUT2D eigenvalue weighted by molar-refractivity contribution is 0.0342. The Balaban J connectivity index is 0.00000364. The Labute approximate surface area is 182 Å². The zero-order chi connectivity index (χ0) is 18.6. The molecule has 1 heterocycles. The minimum atomic E-state index is 0. The smallest absolute Gasteiger partial charge is 0.191 e. The fourth-order valence-corrected chi connectivity index (χ4v) is 3.17. The summed E-state index contributed by atoms with van der Waals surface area (Å²) in [5.41, 5.74) is 2.62. The molecule has 2 rings (SSSR count). The van der Waals surface area contributed by atoms with Crippen LogP contribution in [0, 0.1) is 5.92 Å². The summed E-state index contributed by atoms with van der Waals surface area (Å²) in [6.45, 7) is 13.9. The van der Waals surface area contributed by atoms with E-state index < -0.39 is 0 Å². The van der Waals surface area contributed by atoms with Crippen molar-refractivity contribution in [3.05, 3.63) is 35.4 Å². The van der Waals surface area contributed by atoms with Crippen LogP contribution in [0.25, 0.3) is 0 Å². The lowest BCUT2D eigenvalue weighted by atomic mass is 10.0. The van der Waals surface area contributed by atoms with Gasteiger partial charge in [-0.05, 0) is 24.0 Å². The van der Waals surface area contributed by atoms with Crippen molar-refractivity contribution in [1.82, 2.24) is 15.5 Å². The summed E-state index contributed by atoms with van der Waals surface area (Å²) in [6.07, 6.45) is 2.40. The van der Waals surface area contributed by atoms with Crippen LogP contribution in [0.15, 0.2) is 29.3 Å². The first-order valence-corrected chi connectivity index (χ1v) is 10.1. The number of morpholine rings is 1. The van der Waals surface area contributed by atoms with Crippen LogP contribution in [-0.4, -0.2) is 50.3 Å². The predicted molar refractivity (Wildman–Crippen MR) is 125 cm³/mol. The fourth-order valence-electron chi connectivity index (χ4n) is 3.17. The first-order chi connectivity index (χ1) is 12.7. The van der Waals surface area contributed by atoms with E-state index in [0.29, 0.717) is 12.5 Å². The van der Waals surface area contributed by atoms with E-state index in [-0.39, 0.29) is 24.0 Å². The van der Waals surface area contributed by atoms with Gasteiger partial charge in [0, 0.05) is 32.7 Å². The van der Waals surface area contributed by atoms with Gasteiger partial charge in [0.25, 0.3) is 0 Å². The van der Waals surface area contributed by atoms with Crippen LogP contribution in [-0.2, 0) is 17.8 Å². The SMILES string of the molecule is CCNC(=NCc1cccc(CN2CCOCC2)c1)NCC(CC)CC.I. The molecule has 2 N–H and O–H groups in total. The molecule has 0 aromatic heterocycles. The molecule has 1 aliphatic rings. The fraction of sp³-hybridized carbons (Fsp3) is 0.667. The van der Waals surface area contributed by atoms with Crippen molar-refractivity contribution in [2.75, 3.05) is 39.4 Å². The Morgan fingerprint density at radius 2 is 1.81 bits per heavy atom. The first kappa shape index (κ1) is 24.2. The molecule has 0 amide bonds. The van der Waals surface area contributed by atoms with Crippen LogP contribution in [0.3, 0.4) is 0 Å². The van der Waals surface area contributed by atoms with Gasteiger partial charge in [0.15, 0.2) is 5.96 Å². The second-order valence-electron chi connectivity index (χ2n) is 6.97. The molecule has 1 fully saturated rings. The Morgan fingerprint density at radius 3 is 2.48 bits per heavy atom. The topological polar surface area (TPSA) is 48.9 Å². The maximum Gasteiger partial charge on any atom is 0.191 e. The number of benzene rings is 1. The van der Waals surface area contributed by atoms with Gasteiger partial charge in [-0.2, -0.15) is 0 Å². The molecule has 0 saturated carbocycles. The summed E-state index contributed by atoms with van der Waals surface area (Å²) in [5.74, 6) is 1.62. The third-order valence-electron chi connectivity index (χ3n) is 4.98. The van der Waals surface area contributed by atoms with Crippen LogP contribution in [0.1, 0.15) is 44.7 Å². The molecule has 0 spiro atoms. The van der Waals surface area contributed by atoms with Crippen LogP contribution in [0.5, 0.6) is 0 Å². The van der Waals surface area contributed by atoms with E-state index in [9.17, 15) is 0 Å². The standard InChI is InChI=1S/C21H36N4O.HI/c1-4-18(5-2)15-23-21(22-6-3)24-16-19-8-7-9-20(14-19)17-25-10-12-26-13-11-25;/h7-9,14,18H,4-6,10-13,15-17H2,1-3H3,(H2,22,23,24);1H. The molecule has 0 unspecified atom stereocenters. The molecule has 6 heteroatoms. The van der Waals surface area contributed by atoms with Crippen LogP contribution < -0.4 is 10.6 Å². The molecule has 154 valence electrons. The number of ether oxygens (including phenoxy) is 1. The zero-order valence-corrected chi connectivity index (χ0v) is 19.5. The number of halogens is 1. The highest BCUT2D eigenvalue weighted by atomic mass is 127. The number of nitrogens with zero attached hydrogens (tertiary/aromatic N) is 2. The highest BCUT2D eigenvalue weighted by Gasteiger charge is 2.11. The number of rotatable bonds is 9. The van der Waals surface area contributed by atoms with Gasteiger partial charge >= 0.3 is 0 Å². The quantitative estimate of drug-likeness (QED) is 0.317. The molecule has 1 aliphatic heterocycles. The van der Waals surface area contributed by atoms with E-state index in [1.54, 1.807) is 0 Å². The molecular formula is C21H37IN4O. The molecule has 0 bridgehead atoms. The molecule has 0 atom stereocenters. The Hall–Kier alpha value is -0.860. The molecule has 1 aromatic carbocycles. The van der Waals surface area contributed by atoms with Crippen LogP contribution in [0.2, 0.25) is 0 Å². The largest absolute Gasteiger partial charge is 0.379 e. The molecular weight excluding hydrogens is 451 g/mol. The van der Waals surface area contributed by atoms with Crippen molar-refractivity contribution in [1.29, 1.82) is 0 Å². The average molecular weight is 488 g/mol. The molecule has 27 heavy (non-hydrogen) atoms. The molecule has 0 aliphatic carbocycles. The number of nitrogens with one attached hydrogen (secondary N) is 2. The van der Waals surface area contributed by atoms with Crippen molar-refractivity contribution in [2.24, 2.45) is 10.9 Å². The minimum Gasteiger partial charge on any atom is -0.379 e. The zero-order valence-electron chi connectivity index (χ0n) is 17.2. The van der Waals surface area contributed by atoms with Crippen molar-refractivity contribution in [2.45, 2.75) is 46.7 Å². The molecule has 1 aromatic rings. The van der Waals surface area contributed by atoms with Gasteiger partial charge in [-0.25, -0.2) is 4.99 Å². The van der Waals surface area contributed by atoms with Gasteiger partial charge in [-0.15, -0.1) is 24.0 Å². The van der Waals surface area contributed by atoms with Crippen molar-refractivity contribution < 1.29 is 4.74 Å². The maximum absolute atomic E-state index is 5.43. The van der Waals surface area contributed by atoms with Gasteiger partial charge < -0.3 is 15.4 Å². The van der Waals surface area contributed by atoms with E-state index in [1.807, 2.05) is 0 Å². The highest BCUT2D eigenvalue weighted by molar-refractivity contribution is 14.0. The van der Waals surface area contributed by atoms with Crippen LogP contribution in [0.4, 0.5) is 0 Å². The summed E-state index contributed by atoms with van der Waals surface area (Å²) < 4.78 is 5.43. The summed E-state index contributed by atoms with van der Waals surface area (Å²) >= 11 is 0. The minimum absolute atomic E-state index is 0. The lowest BCUT2D eigenvalue weighted by Crippen LogP contribution is -2.39. The second kappa shape index (κ2) is 14.2. The number of hydrogen-bond donors (Lipinski definition) is 2. The second-order valence-corrected chi connectivity index (χ2v) is 6.97. The van der Waals surface area contributed by atoms with Crippen LogP contribution >= 0.6 is 24.0 Å². The van der Waals surface area contributed by atoms with Gasteiger partial charge in [0.1, 0.15) is 0 Å². The summed E-state index contributed by atoms with van der Waals surface area (Å²) in [4.78, 5) is 7.22. The Morgan fingerprint density at radius 1 is 1.11 bits per heavy atom. The van der Waals surface area contributed by atoms with Crippen molar-refractivity contribution in [3.8, 4) is 0 Å². The first-order valence-electron chi connectivity index (χ1n) is 10.1. The highest BCUT2D eigenvalue weighted by Crippen LogP contribution is 2.11. The number of guanidine groups is 1. The summed E-state index contributed by atoms with van der Waals surface area (Å²) in [5, 5.41) is 6.84. The van der Waals surface area contributed by atoms with Gasteiger partial charge in [0.2, 0.25) is 0 Å². The third-order valence-corrected chi connectivity index (χ3v) is 4.98. The Bertz CT molecular complexity index is 543. The van der Waals surface area contributed by atoms with Crippen molar-refractivity contribution >= 4 is 29.9 Å². The van der Waals surface area contributed by atoms with Gasteiger partial charge in [-0.3, -0.25) is 4.90 Å². The molecule has 5 nitrogen and oxygen atoms in total. The van der Waals surface area contributed by atoms with E-state index in [0.717, 1.165) is 51.9 Å². The third kappa shape index (κ3) is 9.25. The lowest BCUT2D eigenvalue weighted by Gasteiger charge is -2.26. The van der Waals surface area contributed by atoms with E-state index in [4.69, 9.17) is 9.73 Å². The predicted octanol–water partition coefficient (Wildman–Crippen LogP) is 3.63. The Kier molecular flexibility index (Phi) is 12.7. The summed E-state index contributed by atoms with van der Waals surface area (Å²) in [7, 11) is 0. The normalized spacial score (nSPS) is 15.5. The monoisotopic (exact) mass is 488 g/mol. The maximum atomic E-state index is 5.43. The van der Waals surface area contributed by atoms with E-state index in [2.05, 4.69) is 60.6 Å². The summed E-state index contributed by atoms with van der Waals surface area (Å²) in [6, 6.07) is 8.80. The number of hydrogen-bond acceptors (Lipinski definition) is 3. The van der Waals surface area contributed by atoms with Gasteiger partial charge in [-0.1, -0.05) is 51.0 Å². The number of aliphatic imine (C=N–C) groups is 1. The van der Waals surface area contributed by atoms with E-state index in [1.165, 1.54) is 24.0 Å². The average Bonchev–Trinajstić information content (AvgIpc) is 2.68. The molecule has 0 radical (unpaired) electrons. The van der Waals surface area contributed by atoms with Gasteiger partial charge in [0.05, 0.1) is 19.8 Å².